The van der Waals surface area contributed by atoms with Crippen molar-refractivity contribution < 1.29 is 24.1 Å². The first-order valence-electron chi connectivity index (χ1n) is 7.13. The third kappa shape index (κ3) is 2.90. The maximum atomic E-state index is 13.5. The molecule has 0 saturated heterocycles. The van der Waals surface area contributed by atoms with Gasteiger partial charge < -0.3 is 26.0 Å². The molecule has 8 heteroatoms. The third-order valence-corrected chi connectivity index (χ3v) is 3.93. The van der Waals surface area contributed by atoms with E-state index in [1.54, 1.807) is 6.07 Å². The summed E-state index contributed by atoms with van der Waals surface area (Å²) in [6.45, 7) is -1.49. The van der Waals surface area contributed by atoms with Crippen molar-refractivity contribution in [3.05, 3.63) is 45.8 Å². The average Bonchev–Trinajstić information content (AvgIpc) is 2.98. The van der Waals surface area contributed by atoms with Gasteiger partial charge in [0.15, 0.2) is 0 Å². The monoisotopic (exact) mass is 337 g/mol. The molecule has 2 rings (SSSR count). The highest BCUT2D eigenvalue weighted by atomic mass is 19.3. The molecule has 6 N–H and O–H groups in total. The van der Waals surface area contributed by atoms with Crippen LogP contribution in [0.25, 0.3) is 11.1 Å². The molecule has 0 aliphatic heterocycles. The van der Waals surface area contributed by atoms with Gasteiger partial charge in [-0.05, 0) is 22.3 Å². The van der Waals surface area contributed by atoms with Crippen LogP contribution in [0.4, 0.5) is 8.78 Å². The number of nitriles is 1. The zero-order chi connectivity index (χ0) is 17.9. The highest BCUT2D eigenvalue weighted by Crippen LogP contribution is 2.39. The molecule has 2 aromatic rings. The van der Waals surface area contributed by atoms with Crippen LogP contribution >= 0.6 is 0 Å². The first-order chi connectivity index (χ1) is 11.5. The van der Waals surface area contributed by atoms with Crippen molar-refractivity contribution in [2.75, 3.05) is 0 Å². The number of alkyl halides is 2. The van der Waals surface area contributed by atoms with Crippen LogP contribution in [0.3, 0.4) is 0 Å². The van der Waals surface area contributed by atoms with Crippen LogP contribution < -0.4 is 5.73 Å². The van der Waals surface area contributed by atoms with Gasteiger partial charge in [0, 0.05) is 17.8 Å². The molecule has 0 saturated carbocycles. The Bertz CT molecular complexity index is 782. The van der Waals surface area contributed by atoms with E-state index in [4.69, 9.17) is 11.0 Å². The van der Waals surface area contributed by atoms with Gasteiger partial charge in [-0.2, -0.15) is 5.26 Å². The number of hydrogen-bond donors (Lipinski definition) is 5. The number of aliphatic hydroxyl groups is 3. The van der Waals surface area contributed by atoms with Crippen LogP contribution in [-0.4, -0.2) is 20.3 Å². The molecule has 0 aliphatic rings. The molecule has 1 heterocycles. The largest absolute Gasteiger partial charge is 0.392 e. The van der Waals surface area contributed by atoms with E-state index in [9.17, 15) is 24.1 Å². The summed E-state index contributed by atoms with van der Waals surface area (Å²) in [5.74, 6) is 0. The number of rotatable bonds is 6. The number of nitrogens with two attached hydrogens (primary N) is 1. The Morgan fingerprint density at radius 3 is 2.25 bits per heavy atom. The SMILES string of the molecule is N#Cc1[nH]c(CN)c(-c2ccc(CO)c(CO)c2CO)c1C(F)F. The fraction of sp³-hybridized carbons (Fsp3) is 0.312. The zero-order valence-corrected chi connectivity index (χ0v) is 12.7. The van der Waals surface area contributed by atoms with Gasteiger partial charge in [-0.25, -0.2) is 8.78 Å². The van der Waals surface area contributed by atoms with Crippen molar-refractivity contribution in [1.29, 1.82) is 5.26 Å². The lowest BCUT2D eigenvalue weighted by atomic mass is 9.90. The maximum absolute atomic E-state index is 13.5. The zero-order valence-electron chi connectivity index (χ0n) is 12.7. The Balaban J connectivity index is 2.86. The Hall–Kier alpha value is -2.31. The Morgan fingerprint density at radius 1 is 1.12 bits per heavy atom. The molecule has 0 bridgehead atoms. The lowest BCUT2D eigenvalue weighted by molar-refractivity contribution is 0.152. The van der Waals surface area contributed by atoms with E-state index in [-0.39, 0.29) is 46.8 Å². The van der Waals surface area contributed by atoms with Crippen molar-refractivity contribution in [3.8, 4) is 17.2 Å². The van der Waals surface area contributed by atoms with Crippen LogP contribution in [0, 0.1) is 11.3 Å². The fourth-order valence-electron chi connectivity index (χ4n) is 2.84. The number of aliphatic hydroxyl groups excluding tert-OH is 3. The van der Waals surface area contributed by atoms with Crippen LogP contribution in [0.5, 0.6) is 0 Å². The Morgan fingerprint density at radius 2 is 1.79 bits per heavy atom. The van der Waals surface area contributed by atoms with E-state index >= 15 is 0 Å². The maximum Gasteiger partial charge on any atom is 0.267 e. The quantitative estimate of drug-likeness (QED) is 0.545. The molecule has 0 unspecified atom stereocenters. The Kier molecular flexibility index (Phi) is 5.64. The predicted octanol–water partition coefficient (Wildman–Crippen LogP) is 1.43. The summed E-state index contributed by atoms with van der Waals surface area (Å²) in [5, 5.41) is 37.6. The van der Waals surface area contributed by atoms with Gasteiger partial charge in [0.1, 0.15) is 11.8 Å². The number of aromatic nitrogens is 1. The number of halogens is 2. The summed E-state index contributed by atoms with van der Waals surface area (Å²) < 4.78 is 27.0. The van der Waals surface area contributed by atoms with Gasteiger partial charge in [0.05, 0.1) is 25.4 Å². The number of benzene rings is 1. The van der Waals surface area contributed by atoms with Gasteiger partial charge >= 0.3 is 0 Å². The molecular weight excluding hydrogens is 320 g/mol. The molecule has 128 valence electrons. The van der Waals surface area contributed by atoms with Crippen molar-refractivity contribution in [2.24, 2.45) is 5.73 Å². The minimum absolute atomic E-state index is 0.0484. The van der Waals surface area contributed by atoms with Crippen molar-refractivity contribution in [3.63, 3.8) is 0 Å². The molecule has 1 aromatic heterocycles. The van der Waals surface area contributed by atoms with Crippen LogP contribution in [0.15, 0.2) is 12.1 Å². The van der Waals surface area contributed by atoms with Crippen LogP contribution in [0.2, 0.25) is 0 Å². The minimum Gasteiger partial charge on any atom is -0.392 e. The normalized spacial score (nSPS) is 11.1. The van der Waals surface area contributed by atoms with E-state index in [2.05, 4.69) is 4.98 Å². The van der Waals surface area contributed by atoms with Gasteiger partial charge in [0.2, 0.25) is 0 Å². The number of nitrogens with one attached hydrogen (secondary N) is 1. The number of nitrogens with zero attached hydrogens (tertiary/aromatic N) is 1. The molecule has 0 fully saturated rings. The molecule has 24 heavy (non-hydrogen) atoms. The lowest BCUT2D eigenvalue weighted by Crippen LogP contribution is -2.06. The first-order valence-corrected chi connectivity index (χ1v) is 7.13. The minimum atomic E-state index is -2.92. The predicted molar refractivity (Wildman–Crippen MR) is 81.6 cm³/mol. The smallest absolute Gasteiger partial charge is 0.267 e. The molecule has 0 atom stereocenters. The van der Waals surface area contributed by atoms with Crippen LogP contribution in [-0.2, 0) is 26.4 Å². The van der Waals surface area contributed by atoms with E-state index in [0.29, 0.717) is 5.56 Å². The van der Waals surface area contributed by atoms with Gasteiger partial charge in [-0.1, -0.05) is 12.1 Å². The molecule has 6 nitrogen and oxygen atoms in total. The molecule has 0 radical (unpaired) electrons. The number of aromatic amines is 1. The summed E-state index contributed by atoms with van der Waals surface area (Å²) in [7, 11) is 0. The highest BCUT2D eigenvalue weighted by molar-refractivity contribution is 5.77. The second-order valence-electron chi connectivity index (χ2n) is 5.09. The van der Waals surface area contributed by atoms with E-state index < -0.39 is 25.2 Å². The summed E-state index contributed by atoms with van der Waals surface area (Å²) >= 11 is 0. The fourth-order valence-corrected chi connectivity index (χ4v) is 2.84. The number of hydrogen-bond acceptors (Lipinski definition) is 5. The second kappa shape index (κ2) is 7.51. The molecule has 1 aromatic carbocycles. The third-order valence-electron chi connectivity index (χ3n) is 3.93. The average molecular weight is 337 g/mol. The van der Waals surface area contributed by atoms with E-state index in [1.165, 1.54) is 12.1 Å². The summed E-state index contributed by atoms with van der Waals surface area (Å²) in [6, 6.07) is 4.63. The first kappa shape index (κ1) is 18.0. The van der Waals surface area contributed by atoms with Crippen molar-refractivity contribution in [2.45, 2.75) is 32.8 Å². The summed E-state index contributed by atoms with van der Waals surface area (Å²) in [6.07, 6.45) is -2.92. The standard InChI is InChI=1S/C16H17F2N3O3/c17-16(18)15-13(4-20)21-12(3-19)14(15)9-2-1-8(5-22)10(6-23)11(9)7-24/h1-2,16,21-24H,3,5-7,19H2. The molecule has 0 spiro atoms. The van der Waals surface area contributed by atoms with Crippen molar-refractivity contribution in [1.82, 2.24) is 4.98 Å². The van der Waals surface area contributed by atoms with Gasteiger partial charge in [-0.3, -0.25) is 0 Å². The summed E-state index contributed by atoms with van der Waals surface area (Å²) in [5.41, 5.74) is 6.21. The molecule has 0 aliphatic carbocycles. The van der Waals surface area contributed by atoms with Crippen molar-refractivity contribution >= 4 is 0 Å². The highest BCUT2D eigenvalue weighted by Gasteiger charge is 2.27. The topological polar surface area (TPSA) is 126 Å². The summed E-state index contributed by atoms with van der Waals surface area (Å²) in [4.78, 5) is 2.59. The van der Waals surface area contributed by atoms with E-state index in [0.717, 1.165) is 0 Å². The van der Waals surface area contributed by atoms with E-state index in [1.807, 2.05) is 0 Å². The van der Waals surface area contributed by atoms with Gasteiger partial charge in [0.25, 0.3) is 6.43 Å². The molecule has 0 amide bonds. The lowest BCUT2D eigenvalue weighted by Gasteiger charge is -2.17. The second-order valence-corrected chi connectivity index (χ2v) is 5.09. The van der Waals surface area contributed by atoms with Gasteiger partial charge in [-0.15, -0.1) is 0 Å². The number of H-pyrrole nitrogens is 1. The van der Waals surface area contributed by atoms with Crippen LogP contribution in [0.1, 0.15) is 40.1 Å². The Labute approximate surface area is 136 Å². The molecular formula is C16H17F2N3O3.